The van der Waals surface area contributed by atoms with Gasteiger partial charge in [0.2, 0.25) is 0 Å². The SMILES string of the molecule is Cc1cn(-c2ccccc2)nc1NC(=O)N[C@@H]1[C@H]2CCO[C@H]2C1(C)C. The third-order valence-corrected chi connectivity index (χ3v) is 5.54. The van der Waals surface area contributed by atoms with Crippen LogP contribution in [0.1, 0.15) is 25.8 Å². The molecule has 6 heteroatoms. The summed E-state index contributed by atoms with van der Waals surface area (Å²) in [6, 6.07) is 9.78. The van der Waals surface area contributed by atoms with Gasteiger partial charge in [0.15, 0.2) is 5.82 Å². The van der Waals surface area contributed by atoms with Gasteiger partial charge in [0, 0.05) is 35.7 Å². The molecule has 0 unspecified atom stereocenters. The average Bonchev–Trinajstić information content (AvgIpc) is 3.20. The fraction of sp³-hybridized carbons (Fsp3) is 0.474. The van der Waals surface area contributed by atoms with Gasteiger partial charge in [-0.2, -0.15) is 0 Å². The maximum Gasteiger partial charge on any atom is 0.320 e. The number of carbonyl (C=O) groups excluding carboxylic acids is 1. The molecular weight excluding hydrogens is 316 g/mol. The summed E-state index contributed by atoms with van der Waals surface area (Å²) in [6.07, 6.45) is 3.19. The number of ether oxygens (including phenoxy) is 1. The topological polar surface area (TPSA) is 68.2 Å². The standard InChI is InChI=1S/C19H24N4O2/c1-12-11-23(13-7-5-4-6-8-13)22-17(12)21-18(24)20-15-14-9-10-25-16(14)19(15,2)3/h4-8,11,14-16H,9-10H2,1-3H3,(H2,20,21,22,24)/t14-,15-,16-/m1/s1. The van der Waals surface area contributed by atoms with Crippen molar-refractivity contribution in [2.75, 3.05) is 11.9 Å². The van der Waals surface area contributed by atoms with Crippen LogP contribution in [-0.4, -0.2) is 34.6 Å². The van der Waals surface area contributed by atoms with Crippen LogP contribution in [0, 0.1) is 18.3 Å². The molecule has 0 radical (unpaired) electrons. The van der Waals surface area contributed by atoms with Crippen LogP contribution >= 0.6 is 0 Å². The predicted molar refractivity (Wildman–Crippen MR) is 95.9 cm³/mol. The summed E-state index contributed by atoms with van der Waals surface area (Å²) in [6.45, 7) is 7.04. The van der Waals surface area contributed by atoms with E-state index in [0.717, 1.165) is 24.3 Å². The van der Waals surface area contributed by atoms with Crippen molar-refractivity contribution in [2.24, 2.45) is 11.3 Å². The Morgan fingerprint density at radius 3 is 2.84 bits per heavy atom. The highest BCUT2D eigenvalue weighted by Crippen LogP contribution is 2.52. The minimum Gasteiger partial charge on any atom is -0.377 e. The zero-order valence-electron chi connectivity index (χ0n) is 14.8. The van der Waals surface area contributed by atoms with Crippen molar-refractivity contribution in [3.05, 3.63) is 42.1 Å². The lowest BCUT2D eigenvalue weighted by Gasteiger charge is -2.54. The maximum absolute atomic E-state index is 12.5. The lowest BCUT2D eigenvalue weighted by Crippen LogP contribution is -2.67. The first-order valence-corrected chi connectivity index (χ1v) is 8.77. The first-order chi connectivity index (χ1) is 12.0. The molecule has 1 aromatic carbocycles. The van der Waals surface area contributed by atoms with E-state index in [1.54, 1.807) is 4.68 Å². The van der Waals surface area contributed by atoms with Crippen LogP contribution in [-0.2, 0) is 4.74 Å². The van der Waals surface area contributed by atoms with Gasteiger partial charge in [-0.25, -0.2) is 9.48 Å². The minimum absolute atomic E-state index is 0.0308. The number of para-hydroxylation sites is 1. The third kappa shape index (κ3) is 2.70. The molecule has 25 heavy (non-hydrogen) atoms. The van der Waals surface area contributed by atoms with Crippen LogP contribution < -0.4 is 10.6 Å². The highest BCUT2D eigenvalue weighted by molar-refractivity contribution is 5.89. The minimum atomic E-state index is -0.204. The second kappa shape index (κ2) is 5.88. The number of amides is 2. The van der Waals surface area contributed by atoms with Crippen LogP contribution in [0.2, 0.25) is 0 Å². The molecule has 1 aliphatic carbocycles. The van der Waals surface area contributed by atoms with Crippen LogP contribution in [0.3, 0.4) is 0 Å². The number of hydrogen-bond donors (Lipinski definition) is 2. The number of aromatic nitrogens is 2. The van der Waals surface area contributed by atoms with E-state index in [9.17, 15) is 4.79 Å². The number of urea groups is 1. The summed E-state index contributed by atoms with van der Waals surface area (Å²) in [5.74, 6) is 1.00. The van der Waals surface area contributed by atoms with E-state index in [-0.39, 0.29) is 23.6 Å². The molecule has 2 aromatic rings. The predicted octanol–water partition coefficient (Wildman–Crippen LogP) is 3.12. The van der Waals surface area contributed by atoms with Crippen molar-refractivity contribution in [2.45, 2.75) is 39.3 Å². The molecule has 132 valence electrons. The first-order valence-electron chi connectivity index (χ1n) is 8.77. The number of carbonyl (C=O) groups is 1. The van der Waals surface area contributed by atoms with Gasteiger partial charge in [-0.3, -0.25) is 5.32 Å². The molecule has 3 atom stereocenters. The summed E-state index contributed by atoms with van der Waals surface area (Å²) >= 11 is 0. The lowest BCUT2D eigenvalue weighted by atomic mass is 9.57. The van der Waals surface area contributed by atoms with Gasteiger partial charge in [-0.1, -0.05) is 32.0 Å². The number of nitrogens with one attached hydrogen (secondary N) is 2. The van der Waals surface area contributed by atoms with Gasteiger partial charge < -0.3 is 10.1 Å². The zero-order valence-corrected chi connectivity index (χ0v) is 14.8. The van der Waals surface area contributed by atoms with Gasteiger partial charge in [0.25, 0.3) is 0 Å². The van der Waals surface area contributed by atoms with Crippen molar-refractivity contribution in [1.29, 1.82) is 0 Å². The van der Waals surface area contributed by atoms with Gasteiger partial charge >= 0.3 is 6.03 Å². The van der Waals surface area contributed by atoms with Crippen molar-refractivity contribution < 1.29 is 9.53 Å². The van der Waals surface area contributed by atoms with Gasteiger partial charge in [0.1, 0.15) is 0 Å². The highest BCUT2D eigenvalue weighted by Gasteiger charge is 2.59. The van der Waals surface area contributed by atoms with Crippen molar-refractivity contribution in [1.82, 2.24) is 15.1 Å². The Bertz CT molecular complexity index is 784. The number of hydrogen-bond acceptors (Lipinski definition) is 3. The van der Waals surface area contributed by atoms with E-state index in [1.165, 1.54) is 0 Å². The molecule has 1 aromatic heterocycles. The van der Waals surface area contributed by atoms with E-state index in [0.29, 0.717) is 11.7 Å². The Morgan fingerprint density at radius 2 is 2.08 bits per heavy atom. The monoisotopic (exact) mass is 340 g/mol. The summed E-state index contributed by atoms with van der Waals surface area (Å²) < 4.78 is 7.56. The normalized spacial score (nSPS) is 26.6. The Balaban J connectivity index is 1.44. The molecule has 6 nitrogen and oxygen atoms in total. The van der Waals surface area contributed by atoms with E-state index in [4.69, 9.17) is 4.74 Å². The van der Waals surface area contributed by atoms with Gasteiger partial charge in [0.05, 0.1) is 11.8 Å². The number of aryl methyl sites for hydroxylation is 1. The van der Waals surface area contributed by atoms with Crippen molar-refractivity contribution in [3.63, 3.8) is 0 Å². The number of nitrogens with zero attached hydrogens (tertiary/aromatic N) is 2. The van der Waals surface area contributed by atoms with Crippen LogP contribution in [0.15, 0.2) is 36.5 Å². The summed E-state index contributed by atoms with van der Waals surface area (Å²) in [4.78, 5) is 12.5. The molecule has 2 amide bonds. The number of benzene rings is 1. The Morgan fingerprint density at radius 1 is 1.32 bits per heavy atom. The fourth-order valence-corrected chi connectivity index (χ4v) is 4.20. The van der Waals surface area contributed by atoms with Crippen LogP contribution in [0.25, 0.3) is 5.69 Å². The molecule has 1 saturated carbocycles. The largest absolute Gasteiger partial charge is 0.377 e. The van der Waals surface area contributed by atoms with E-state index in [1.807, 2.05) is 43.5 Å². The highest BCUT2D eigenvalue weighted by atomic mass is 16.5. The summed E-state index contributed by atoms with van der Waals surface area (Å²) in [7, 11) is 0. The fourth-order valence-electron chi connectivity index (χ4n) is 4.20. The maximum atomic E-state index is 12.5. The van der Waals surface area contributed by atoms with Crippen LogP contribution in [0.4, 0.5) is 10.6 Å². The Labute approximate surface area is 147 Å². The first kappa shape index (κ1) is 16.1. The molecule has 1 saturated heterocycles. The quantitative estimate of drug-likeness (QED) is 0.902. The summed E-state index contributed by atoms with van der Waals surface area (Å²) in [5, 5.41) is 10.5. The third-order valence-electron chi connectivity index (χ3n) is 5.54. The number of fused-ring (bicyclic) bond motifs is 1. The van der Waals surface area contributed by atoms with E-state index >= 15 is 0 Å². The van der Waals surface area contributed by atoms with Gasteiger partial charge in [-0.15, -0.1) is 5.10 Å². The summed E-state index contributed by atoms with van der Waals surface area (Å²) in [5.41, 5.74) is 1.86. The molecule has 0 spiro atoms. The lowest BCUT2D eigenvalue weighted by molar-refractivity contribution is -0.107. The molecule has 1 aliphatic heterocycles. The molecule has 2 N–H and O–H groups in total. The molecule has 0 bridgehead atoms. The second-order valence-corrected chi connectivity index (χ2v) is 7.58. The molecule has 2 heterocycles. The molecule has 2 aliphatic rings. The van der Waals surface area contributed by atoms with Crippen LogP contribution in [0.5, 0.6) is 0 Å². The number of anilines is 1. The Hall–Kier alpha value is -2.34. The number of rotatable bonds is 3. The Kier molecular flexibility index (Phi) is 3.80. The molecule has 2 fully saturated rings. The van der Waals surface area contributed by atoms with E-state index < -0.39 is 0 Å². The average molecular weight is 340 g/mol. The second-order valence-electron chi connectivity index (χ2n) is 7.58. The van der Waals surface area contributed by atoms with Crippen molar-refractivity contribution in [3.8, 4) is 5.69 Å². The molecule has 4 rings (SSSR count). The van der Waals surface area contributed by atoms with Crippen molar-refractivity contribution >= 4 is 11.8 Å². The molecular formula is C19H24N4O2. The van der Waals surface area contributed by atoms with Gasteiger partial charge in [-0.05, 0) is 25.5 Å². The zero-order chi connectivity index (χ0) is 17.6. The van der Waals surface area contributed by atoms with E-state index in [2.05, 4.69) is 29.6 Å². The smallest absolute Gasteiger partial charge is 0.320 e.